The molecule has 0 radical (unpaired) electrons. The van der Waals surface area contributed by atoms with Crippen LogP contribution in [-0.2, 0) is 16.1 Å². The molecule has 1 heterocycles. The SMILES string of the molecule is CC(C)C(NC(=O)Cn1nnc2ccccc2c1=O)C(=O)O. The number of hydrogen-bond acceptors (Lipinski definition) is 5. The van der Waals surface area contributed by atoms with E-state index in [4.69, 9.17) is 5.11 Å². The minimum Gasteiger partial charge on any atom is -0.480 e. The summed E-state index contributed by atoms with van der Waals surface area (Å²) in [5, 5.41) is 19.3. The molecule has 1 unspecified atom stereocenters. The highest BCUT2D eigenvalue weighted by Gasteiger charge is 2.23. The molecule has 0 saturated carbocycles. The van der Waals surface area contributed by atoms with Crippen LogP contribution in [0.15, 0.2) is 29.1 Å². The average Bonchev–Trinajstić information content (AvgIpc) is 2.47. The second-order valence-electron chi connectivity index (χ2n) is 5.20. The number of nitrogens with zero attached hydrogens (tertiary/aromatic N) is 3. The molecule has 1 aromatic heterocycles. The van der Waals surface area contributed by atoms with Crippen molar-refractivity contribution >= 4 is 22.8 Å². The van der Waals surface area contributed by atoms with Crippen molar-refractivity contribution in [3.8, 4) is 0 Å². The Bertz CT molecular complexity index is 769. The Morgan fingerprint density at radius 1 is 1.32 bits per heavy atom. The number of amides is 1. The summed E-state index contributed by atoms with van der Waals surface area (Å²) in [6.45, 7) is 2.98. The van der Waals surface area contributed by atoms with E-state index >= 15 is 0 Å². The van der Waals surface area contributed by atoms with Crippen LogP contribution in [0.3, 0.4) is 0 Å². The van der Waals surface area contributed by atoms with E-state index in [2.05, 4.69) is 15.6 Å². The maximum atomic E-state index is 12.2. The van der Waals surface area contributed by atoms with Crippen molar-refractivity contribution in [3.63, 3.8) is 0 Å². The quantitative estimate of drug-likeness (QED) is 0.804. The van der Waals surface area contributed by atoms with Gasteiger partial charge in [-0.2, -0.15) is 0 Å². The summed E-state index contributed by atoms with van der Waals surface area (Å²) in [6, 6.07) is 5.64. The number of carbonyl (C=O) groups excluding carboxylic acids is 1. The van der Waals surface area contributed by atoms with E-state index in [1.165, 1.54) is 0 Å². The molecule has 0 saturated heterocycles. The summed E-state index contributed by atoms with van der Waals surface area (Å²) in [7, 11) is 0. The van der Waals surface area contributed by atoms with Gasteiger partial charge in [-0.25, -0.2) is 9.48 Å². The first-order valence-corrected chi connectivity index (χ1v) is 6.75. The number of carboxylic acids is 1. The van der Waals surface area contributed by atoms with Crippen molar-refractivity contribution in [2.24, 2.45) is 5.92 Å². The lowest BCUT2D eigenvalue weighted by Gasteiger charge is -2.17. The molecule has 0 spiro atoms. The third-order valence-electron chi connectivity index (χ3n) is 3.17. The van der Waals surface area contributed by atoms with E-state index in [0.717, 1.165) is 4.68 Å². The Hall–Kier alpha value is -2.77. The van der Waals surface area contributed by atoms with Crippen molar-refractivity contribution in [2.75, 3.05) is 0 Å². The molecule has 1 amide bonds. The zero-order chi connectivity index (χ0) is 16.3. The van der Waals surface area contributed by atoms with Gasteiger partial charge in [0.1, 0.15) is 18.1 Å². The normalized spacial score (nSPS) is 12.3. The lowest BCUT2D eigenvalue weighted by atomic mass is 10.1. The Morgan fingerprint density at radius 3 is 2.64 bits per heavy atom. The van der Waals surface area contributed by atoms with Gasteiger partial charge in [-0.05, 0) is 18.1 Å². The first kappa shape index (κ1) is 15.6. The van der Waals surface area contributed by atoms with Gasteiger partial charge in [0.25, 0.3) is 5.56 Å². The van der Waals surface area contributed by atoms with Crippen LogP contribution in [0.2, 0.25) is 0 Å². The highest BCUT2D eigenvalue weighted by molar-refractivity contribution is 5.83. The largest absolute Gasteiger partial charge is 0.480 e. The van der Waals surface area contributed by atoms with E-state index in [1.54, 1.807) is 38.1 Å². The van der Waals surface area contributed by atoms with Gasteiger partial charge < -0.3 is 10.4 Å². The minimum absolute atomic E-state index is 0.277. The van der Waals surface area contributed by atoms with Crippen LogP contribution in [0.4, 0.5) is 0 Å². The van der Waals surface area contributed by atoms with Crippen molar-refractivity contribution in [1.82, 2.24) is 20.3 Å². The second kappa shape index (κ2) is 6.33. The molecule has 116 valence electrons. The number of carbonyl (C=O) groups is 2. The highest BCUT2D eigenvalue weighted by atomic mass is 16.4. The number of hydrogen-bond donors (Lipinski definition) is 2. The number of aromatic nitrogens is 3. The topological polar surface area (TPSA) is 114 Å². The van der Waals surface area contributed by atoms with Crippen LogP contribution < -0.4 is 10.9 Å². The molecule has 0 aliphatic rings. The molecule has 2 aromatic rings. The van der Waals surface area contributed by atoms with Crippen LogP contribution >= 0.6 is 0 Å². The average molecular weight is 304 g/mol. The highest BCUT2D eigenvalue weighted by Crippen LogP contribution is 2.04. The van der Waals surface area contributed by atoms with Crippen LogP contribution in [-0.4, -0.2) is 38.0 Å². The third-order valence-corrected chi connectivity index (χ3v) is 3.17. The molecule has 1 atom stereocenters. The Balaban J connectivity index is 2.20. The fraction of sp³-hybridized carbons (Fsp3) is 0.357. The third kappa shape index (κ3) is 3.27. The van der Waals surface area contributed by atoms with Gasteiger partial charge in [-0.15, -0.1) is 5.10 Å². The summed E-state index contributed by atoms with van der Waals surface area (Å²) < 4.78 is 0.914. The van der Waals surface area contributed by atoms with Gasteiger partial charge >= 0.3 is 5.97 Å². The van der Waals surface area contributed by atoms with Gasteiger partial charge in [-0.1, -0.05) is 31.2 Å². The molecule has 8 heteroatoms. The minimum atomic E-state index is -1.12. The monoisotopic (exact) mass is 304 g/mol. The van der Waals surface area contributed by atoms with Crippen LogP contribution in [0.1, 0.15) is 13.8 Å². The molecular weight excluding hydrogens is 288 g/mol. The Morgan fingerprint density at radius 2 is 2.00 bits per heavy atom. The molecule has 2 rings (SSSR count). The number of carboxylic acid groups (broad SMARTS) is 1. The van der Waals surface area contributed by atoms with Gasteiger partial charge in [0.15, 0.2) is 0 Å². The zero-order valence-electron chi connectivity index (χ0n) is 12.2. The lowest BCUT2D eigenvalue weighted by Crippen LogP contribution is -2.46. The maximum absolute atomic E-state index is 12.2. The summed E-state index contributed by atoms with van der Waals surface area (Å²) in [5.74, 6) is -2.01. The number of rotatable bonds is 5. The van der Waals surface area contributed by atoms with Gasteiger partial charge in [-0.3, -0.25) is 9.59 Å². The van der Waals surface area contributed by atoms with Crippen molar-refractivity contribution in [3.05, 3.63) is 34.6 Å². The smallest absolute Gasteiger partial charge is 0.326 e. The molecule has 0 aliphatic carbocycles. The van der Waals surface area contributed by atoms with Gasteiger partial charge in [0.2, 0.25) is 5.91 Å². The fourth-order valence-electron chi connectivity index (χ4n) is 2.00. The van der Waals surface area contributed by atoms with Crippen molar-refractivity contribution in [2.45, 2.75) is 26.4 Å². The van der Waals surface area contributed by atoms with Crippen molar-refractivity contribution in [1.29, 1.82) is 0 Å². The second-order valence-corrected chi connectivity index (χ2v) is 5.20. The predicted octanol–water partition coefficient (Wildman–Crippen LogP) is 0.0169. The van der Waals surface area contributed by atoms with E-state index < -0.39 is 23.5 Å². The molecule has 0 aliphatic heterocycles. The molecule has 0 bridgehead atoms. The lowest BCUT2D eigenvalue weighted by molar-refractivity contribution is -0.143. The van der Waals surface area contributed by atoms with E-state index in [-0.39, 0.29) is 12.5 Å². The van der Waals surface area contributed by atoms with Gasteiger partial charge in [0.05, 0.1) is 5.39 Å². The Kier molecular flexibility index (Phi) is 4.50. The molecule has 8 nitrogen and oxygen atoms in total. The van der Waals surface area contributed by atoms with E-state index in [1.807, 2.05) is 0 Å². The number of aliphatic carboxylic acids is 1. The molecule has 22 heavy (non-hydrogen) atoms. The zero-order valence-corrected chi connectivity index (χ0v) is 12.2. The molecule has 2 N–H and O–H groups in total. The predicted molar refractivity (Wildman–Crippen MR) is 78.2 cm³/mol. The van der Waals surface area contributed by atoms with E-state index in [0.29, 0.717) is 10.9 Å². The number of nitrogens with one attached hydrogen (secondary N) is 1. The summed E-state index contributed by atoms with van der Waals surface area (Å²) in [5.41, 5.74) is -0.00748. The molecule has 0 fully saturated rings. The number of fused-ring (bicyclic) bond motifs is 1. The fourth-order valence-corrected chi connectivity index (χ4v) is 2.00. The van der Waals surface area contributed by atoms with Crippen LogP contribution in [0.5, 0.6) is 0 Å². The summed E-state index contributed by atoms with van der Waals surface area (Å²) >= 11 is 0. The van der Waals surface area contributed by atoms with Gasteiger partial charge in [0, 0.05) is 0 Å². The first-order valence-electron chi connectivity index (χ1n) is 6.75. The first-order chi connectivity index (χ1) is 10.4. The van der Waals surface area contributed by atoms with Crippen molar-refractivity contribution < 1.29 is 14.7 Å². The molecular formula is C14H16N4O4. The van der Waals surface area contributed by atoms with Crippen LogP contribution in [0.25, 0.3) is 10.9 Å². The standard InChI is InChI=1S/C14H16N4O4/c1-8(2)12(14(21)22)15-11(19)7-18-13(20)9-5-3-4-6-10(9)16-17-18/h3-6,8,12H,7H2,1-2H3,(H,15,19)(H,21,22). The summed E-state index contributed by atoms with van der Waals surface area (Å²) in [4.78, 5) is 35.2. The number of benzene rings is 1. The summed E-state index contributed by atoms with van der Waals surface area (Å²) in [6.07, 6.45) is 0. The van der Waals surface area contributed by atoms with E-state index in [9.17, 15) is 14.4 Å². The Labute approximate surface area is 125 Å². The maximum Gasteiger partial charge on any atom is 0.326 e. The molecule has 1 aromatic carbocycles. The van der Waals surface area contributed by atoms with Crippen LogP contribution in [0, 0.1) is 5.92 Å².